The van der Waals surface area contributed by atoms with Gasteiger partial charge in [0, 0.05) is 33.2 Å². The lowest BCUT2D eigenvalue weighted by molar-refractivity contribution is -0.118. The lowest BCUT2D eigenvalue weighted by atomic mass is 9.77. The summed E-state index contributed by atoms with van der Waals surface area (Å²) in [6.07, 6.45) is 2.96. The van der Waals surface area contributed by atoms with E-state index in [1.807, 2.05) is 30.0 Å². The van der Waals surface area contributed by atoms with Crippen molar-refractivity contribution in [3.8, 4) is 0 Å². The standard InChI is InChI=1S/C19H28N2O3/c1-4-17(23)20(3)16-9-7-6-8-15(16)18(24)21-12-10-19(5-2,14-22)11-13-21/h6-9,22H,4-5,10-14H2,1-3H3. The average Bonchev–Trinajstić information content (AvgIpc) is 2.66. The molecule has 0 atom stereocenters. The molecule has 1 fully saturated rings. The monoisotopic (exact) mass is 332 g/mol. The third kappa shape index (κ3) is 3.61. The smallest absolute Gasteiger partial charge is 0.255 e. The zero-order chi connectivity index (χ0) is 17.7. The Bertz CT molecular complexity index is 586. The summed E-state index contributed by atoms with van der Waals surface area (Å²) >= 11 is 0. The van der Waals surface area contributed by atoms with E-state index in [2.05, 4.69) is 6.92 Å². The predicted octanol–water partition coefficient (Wildman–Crippen LogP) is 2.68. The Hall–Kier alpha value is -1.88. The SMILES string of the molecule is CCC(=O)N(C)c1ccccc1C(=O)N1CCC(CC)(CO)CC1. The summed E-state index contributed by atoms with van der Waals surface area (Å²) in [5, 5.41) is 9.64. The van der Waals surface area contributed by atoms with Crippen molar-refractivity contribution in [3.05, 3.63) is 29.8 Å². The fourth-order valence-electron chi connectivity index (χ4n) is 3.30. The summed E-state index contributed by atoms with van der Waals surface area (Å²) in [4.78, 5) is 28.3. The maximum atomic E-state index is 12.9. The van der Waals surface area contributed by atoms with Crippen LogP contribution in [0, 0.1) is 5.41 Å². The second-order valence-electron chi connectivity index (χ2n) is 6.63. The lowest BCUT2D eigenvalue weighted by Crippen LogP contribution is -2.44. The molecule has 0 aliphatic carbocycles. The predicted molar refractivity (Wildman–Crippen MR) is 95.1 cm³/mol. The van der Waals surface area contributed by atoms with E-state index in [0.29, 0.717) is 30.8 Å². The molecular weight excluding hydrogens is 304 g/mol. The number of likely N-dealkylation sites (tertiary alicyclic amines) is 1. The number of anilines is 1. The Labute approximate surface area is 144 Å². The van der Waals surface area contributed by atoms with Gasteiger partial charge < -0.3 is 14.9 Å². The molecule has 0 saturated carbocycles. The molecule has 1 aromatic carbocycles. The quantitative estimate of drug-likeness (QED) is 0.902. The van der Waals surface area contributed by atoms with Crippen molar-refractivity contribution < 1.29 is 14.7 Å². The summed E-state index contributed by atoms with van der Waals surface area (Å²) in [6.45, 7) is 5.37. The van der Waals surface area contributed by atoms with E-state index in [4.69, 9.17) is 0 Å². The Balaban J connectivity index is 2.18. The molecule has 2 rings (SSSR count). The van der Waals surface area contributed by atoms with E-state index >= 15 is 0 Å². The van der Waals surface area contributed by atoms with Crippen LogP contribution in [-0.2, 0) is 4.79 Å². The molecule has 24 heavy (non-hydrogen) atoms. The highest BCUT2D eigenvalue weighted by molar-refractivity contribution is 6.04. The van der Waals surface area contributed by atoms with Crippen LogP contribution in [0.2, 0.25) is 0 Å². The van der Waals surface area contributed by atoms with E-state index in [9.17, 15) is 14.7 Å². The van der Waals surface area contributed by atoms with Gasteiger partial charge in [0.1, 0.15) is 0 Å². The van der Waals surface area contributed by atoms with Crippen LogP contribution >= 0.6 is 0 Å². The van der Waals surface area contributed by atoms with Crippen LogP contribution < -0.4 is 4.90 Å². The summed E-state index contributed by atoms with van der Waals surface area (Å²) in [7, 11) is 1.71. The van der Waals surface area contributed by atoms with Crippen LogP contribution in [0.1, 0.15) is 49.9 Å². The second-order valence-corrected chi connectivity index (χ2v) is 6.63. The first-order valence-corrected chi connectivity index (χ1v) is 8.73. The molecule has 0 unspecified atom stereocenters. The van der Waals surface area contributed by atoms with Crippen LogP contribution in [-0.4, -0.2) is 48.6 Å². The van der Waals surface area contributed by atoms with Gasteiger partial charge >= 0.3 is 0 Å². The third-order valence-corrected chi connectivity index (χ3v) is 5.37. The summed E-state index contributed by atoms with van der Waals surface area (Å²) in [5.74, 6) is -0.0526. The minimum Gasteiger partial charge on any atom is -0.396 e. The third-order valence-electron chi connectivity index (χ3n) is 5.37. The number of nitrogens with zero attached hydrogens (tertiary/aromatic N) is 2. The molecule has 1 aliphatic rings. The average molecular weight is 332 g/mol. The van der Waals surface area contributed by atoms with Crippen LogP contribution in [0.25, 0.3) is 0 Å². The van der Waals surface area contributed by atoms with E-state index in [-0.39, 0.29) is 23.8 Å². The Morgan fingerprint density at radius 3 is 2.38 bits per heavy atom. The Morgan fingerprint density at radius 1 is 1.21 bits per heavy atom. The molecule has 5 nitrogen and oxygen atoms in total. The van der Waals surface area contributed by atoms with Gasteiger partial charge in [-0.3, -0.25) is 9.59 Å². The first-order valence-electron chi connectivity index (χ1n) is 8.73. The Morgan fingerprint density at radius 2 is 1.83 bits per heavy atom. The largest absolute Gasteiger partial charge is 0.396 e. The number of aliphatic hydroxyl groups is 1. The normalized spacial score (nSPS) is 16.8. The molecule has 1 heterocycles. The second kappa shape index (κ2) is 7.79. The van der Waals surface area contributed by atoms with Crippen molar-refractivity contribution in [2.45, 2.75) is 39.5 Å². The van der Waals surface area contributed by atoms with Crippen LogP contribution in [0.3, 0.4) is 0 Å². The maximum Gasteiger partial charge on any atom is 0.255 e. The van der Waals surface area contributed by atoms with Crippen molar-refractivity contribution in [3.63, 3.8) is 0 Å². The molecule has 0 spiro atoms. The van der Waals surface area contributed by atoms with Gasteiger partial charge in [0.25, 0.3) is 5.91 Å². The number of rotatable bonds is 5. The van der Waals surface area contributed by atoms with E-state index < -0.39 is 0 Å². The van der Waals surface area contributed by atoms with Gasteiger partial charge in [0.15, 0.2) is 0 Å². The zero-order valence-corrected chi connectivity index (χ0v) is 14.9. The van der Waals surface area contributed by atoms with E-state index in [0.717, 1.165) is 19.3 Å². The van der Waals surface area contributed by atoms with Crippen LogP contribution in [0.5, 0.6) is 0 Å². The van der Waals surface area contributed by atoms with E-state index in [1.165, 1.54) is 0 Å². The van der Waals surface area contributed by atoms with Crippen LogP contribution in [0.15, 0.2) is 24.3 Å². The first kappa shape index (κ1) is 18.5. The number of carbonyl (C=O) groups excluding carboxylic acids is 2. The summed E-state index contributed by atoms with van der Waals surface area (Å²) in [5.41, 5.74) is 1.17. The maximum absolute atomic E-state index is 12.9. The van der Waals surface area contributed by atoms with Gasteiger partial charge in [-0.2, -0.15) is 0 Å². The van der Waals surface area contributed by atoms with Gasteiger partial charge in [-0.15, -0.1) is 0 Å². The van der Waals surface area contributed by atoms with Crippen molar-refractivity contribution in [2.75, 3.05) is 31.6 Å². The van der Waals surface area contributed by atoms with Crippen molar-refractivity contribution in [1.29, 1.82) is 0 Å². The lowest BCUT2D eigenvalue weighted by Gasteiger charge is -2.40. The fourth-order valence-corrected chi connectivity index (χ4v) is 3.30. The first-order chi connectivity index (χ1) is 11.5. The molecule has 2 amide bonds. The molecule has 0 bridgehead atoms. The van der Waals surface area contributed by atoms with Gasteiger partial charge in [-0.05, 0) is 36.8 Å². The molecule has 0 radical (unpaired) electrons. The zero-order valence-electron chi connectivity index (χ0n) is 14.9. The number of amides is 2. The number of hydrogen-bond acceptors (Lipinski definition) is 3. The summed E-state index contributed by atoms with van der Waals surface area (Å²) in [6, 6.07) is 7.27. The minimum atomic E-state index is -0.0503. The minimum absolute atomic E-state index is 0.0147. The number of piperidine rings is 1. The molecule has 5 heteroatoms. The number of benzene rings is 1. The van der Waals surface area contributed by atoms with Gasteiger partial charge in [0.05, 0.1) is 11.3 Å². The molecule has 1 saturated heterocycles. The van der Waals surface area contributed by atoms with Crippen molar-refractivity contribution >= 4 is 17.5 Å². The number of carbonyl (C=O) groups is 2. The molecule has 1 aliphatic heterocycles. The highest BCUT2D eigenvalue weighted by Gasteiger charge is 2.34. The number of hydrogen-bond donors (Lipinski definition) is 1. The molecule has 0 aromatic heterocycles. The van der Waals surface area contributed by atoms with Crippen molar-refractivity contribution in [2.24, 2.45) is 5.41 Å². The Kier molecular flexibility index (Phi) is 5.99. The molecule has 1 N–H and O–H groups in total. The van der Waals surface area contributed by atoms with Gasteiger partial charge in [-0.25, -0.2) is 0 Å². The van der Waals surface area contributed by atoms with Crippen LogP contribution in [0.4, 0.5) is 5.69 Å². The highest BCUT2D eigenvalue weighted by Crippen LogP contribution is 2.35. The van der Waals surface area contributed by atoms with Gasteiger partial charge in [0.2, 0.25) is 5.91 Å². The van der Waals surface area contributed by atoms with E-state index in [1.54, 1.807) is 18.0 Å². The topological polar surface area (TPSA) is 60.9 Å². The van der Waals surface area contributed by atoms with Crippen molar-refractivity contribution in [1.82, 2.24) is 4.90 Å². The highest BCUT2D eigenvalue weighted by atomic mass is 16.3. The molecule has 1 aromatic rings. The molecule has 132 valence electrons. The fraction of sp³-hybridized carbons (Fsp3) is 0.579. The number of aliphatic hydroxyl groups excluding tert-OH is 1. The van der Waals surface area contributed by atoms with Gasteiger partial charge in [-0.1, -0.05) is 26.0 Å². The molecular formula is C19H28N2O3. The summed E-state index contributed by atoms with van der Waals surface area (Å²) < 4.78 is 0. The number of para-hydroxylation sites is 1.